The van der Waals surface area contributed by atoms with Crippen LogP contribution in [0, 0.1) is 0 Å². The van der Waals surface area contributed by atoms with E-state index in [1.165, 1.54) is 0 Å². The molecule has 4 rings (SSSR count). The highest BCUT2D eigenvalue weighted by molar-refractivity contribution is 6.07. The number of fused-ring (bicyclic) bond motifs is 2. The first-order chi connectivity index (χ1) is 13.6. The lowest BCUT2D eigenvalue weighted by Gasteiger charge is -2.25. The fraction of sp³-hybridized carbons (Fsp3) is 0.238. The number of rotatable bonds is 5. The summed E-state index contributed by atoms with van der Waals surface area (Å²) in [5, 5.41) is 6.51. The van der Waals surface area contributed by atoms with Gasteiger partial charge in [-0.1, -0.05) is 30.3 Å². The number of carbonyl (C=O) groups is 2. The van der Waals surface area contributed by atoms with Crippen LogP contribution in [0.2, 0.25) is 0 Å². The van der Waals surface area contributed by atoms with Crippen LogP contribution in [0.25, 0.3) is 10.9 Å². The molecule has 0 radical (unpaired) electrons. The van der Waals surface area contributed by atoms with Crippen molar-refractivity contribution in [2.45, 2.75) is 6.10 Å². The van der Waals surface area contributed by atoms with Gasteiger partial charge in [-0.25, -0.2) is 0 Å². The van der Waals surface area contributed by atoms with E-state index in [1.807, 2.05) is 54.2 Å². The highest BCUT2D eigenvalue weighted by atomic mass is 16.6. The minimum absolute atomic E-state index is 0.158. The molecule has 1 unspecified atom stereocenters. The number of ether oxygens (including phenoxy) is 2. The number of aryl methyl sites for hydroxylation is 1. The van der Waals surface area contributed by atoms with Crippen LogP contribution in [-0.2, 0) is 11.8 Å². The summed E-state index contributed by atoms with van der Waals surface area (Å²) < 4.78 is 13.1. The maximum atomic E-state index is 12.5. The summed E-state index contributed by atoms with van der Waals surface area (Å²) in [4.78, 5) is 24.7. The summed E-state index contributed by atoms with van der Waals surface area (Å²) in [6.45, 7) is 0.778. The van der Waals surface area contributed by atoms with Crippen molar-refractivity contribution in [1.29, 1.82) is 0 Å². The first-order valence-electron chi connectivity index (χ1n) is 9.12. The molecule has 0 bridgehead atoms. The molecule has 3 aromatic rings. The van der Waals surface area contributed by atoms with Crippen LogP contribution in [-0.4, -0.2) is 42.2 Å². The average Bonchev–Trinajstić information content (AvgIpc) is 3.07. The van der Waals surface area contributed by atoms with Crippen molar-refractivity contribution in [3.05, 3.63) is 60.3 Å². The van der Waals surface area contributed by atoms with E-state index in [0.29, 0.717) is 30.2 Å². The van der Waals surface area contributed by atoms with E-state index in [9.17, 15) is 9.59 Å². The molecule has 0 saturated heterocycles. The summed E-state index contributed by atoms with van der Waals surface area (Å²) >= 11 is 0. The van der Waals surface area contributed by atoms with E-state index in [0.717, 1.165) is 10.9 Å². The Bertz CT molecular complexity index is 1030. The van der Waals surface area contributed by atoms with Gasteiger partial charge < -0.3 is 24.7 Å². The van der Waals surface area contributed by atoms with Crippen molar-refractivity contribution in [3.8, 4) is 11.5 Å². The first-order valence-corrected chi connectivity index (χ1v) is 9.12. The molecule has 0 aliphatic carbocycles. The van der Waals surface area contributed by atoms with Crippen LogP contribution < -0.4 is 20.1 Å². The number of para-hydroxylation sites is 3. The van der Waals surface area contributed by atoms with Crippen LogP contribution in [0.5, 0.6) is 11.5 Å². The van der Waals surface area contributed by atoms with E-state index in [4.69, 9.17) is 9.47 Å². The van der Waals surface area contributed by atoms with Crippen molar-refractivity contribution in [2.75, 3.05) is 19.7 Å². The third kappa shape index (κ3) is 3.51. The first kappa shape index (κ1) is 17.9. The second kappa shape index (κ2) is 7.64. The number of hydrogen-bond donors (Lipinski definition) is 2. The SMILES string of the molecule is Cn1cc(C(=O)NCCNC(=O)C2COc3ccccc3O2)c2ccccc21. The van der Waals surface area contributed by atoms with Crippen molar-refractivity contribution >= 4 is 22.7 Å². The van der Waals surface area contributed by atoms with E-state index >= 15 is 0 Å². The lowest BCUT2D eigenvalue weighted by molar-refractivity contribution is -0.130. The topological polar surface area (TPSA) is 81.6 Å². The zero-order valence-corrected chi connectivity index (χ0v) is 15.5. The van der Waals surface area contributed by atoms with Gasteiger partial charge in [0.2, 0.25) is 6.10 Å². The predicted octanol–water partition coefficient (Wildman–Crippen LogP) is 1.86. The summed E-state index contributed by atoms with van der Waals surface area (Å²) in [6.07, 6.45) is 1.10. The normalized spacial score (nSPS) is 15.2. The lowest BCUT2D eigenvalue weighted by atomic mass is 10.1. The molecule has 0 spiro atoms. The largest absolute Gasteiger partial charge is 0.485 e. The second-order valence-corrected chi connectivity index (χ2v) is 6.58. The molecule has 2 N–H and O–H groups in total. The predicted molar refractivity (Wildman–Crippen MR) is 105 cm³/mol. The van der Waals surface area contributed by atoms with Crippen molar-refractivity contribution in [2.24, 2.45) is 7.05 Å². The number of amides is 2. The molecule has 2 aromatic carbocycles. The second-order valence-electron chi connectivity index (χ2n) is 6.58. The number of aromatic nitrogens is 1. The summed E-state index contributed by atoms with van der Waals surface area (Å²) in [6, 6.07) is 15.0. The summed E-state index contributed by atoms with van der Waals surface area (Å²) in [5.41, 5.74) is 1.61. The minimum Gasteiger partial charge on any atom is -0.485 e. The Morgan fingerprint density at radius 3 is 2.61 bits per heavy atom. The van der Waals surface area contributed by atoms with Crippen molar-refractivity contribution in [1.82, 2.24) is 15.2 Å². The van der Waals surface area contributed by atoms with Gasteiger partial charge in [0.1, 0.15) is 6.61 Å². The lowest BCUT2D eigenvalue weighted by Crippen LogP contribution is -2.46. The van der Waals surface area contributed by atoms with Gasteiger partial charge in [-0.3, -0.25) is 9.59 Å². The highest BCUT2D eigenvalue weighted by Gasteiger charge is 2.26. The van der Waals surface area contributed by atoms with E-state index < -0.39 is 6.10 Å². The molecule has 1 aliphatic rings. The molecule has 1 atom stereocenters. The van der Waals surface area contributed by atoms with E-state index in [2.05, 4.69) is 10.6 Å². The molecule has 28 heavy (non-hydrogen) atoms. The van der Waals surface area contributed by atoms with E-state index in [-0.39, 0.29) is 18.4 Å². The molecule has 7 nitrogen and oxygen atoms in total. The summed E-state index contributed by atoms with van der Waals surface area (Å²) in [7, 11) is 1.91. The molecule has 7 heteroatoms. The Kier molecular flexibility index (Phi) is 4.89. The van der Waals surface area contributed by atoms with Gasteiger partial charge >= 0.3 is 0 Å². The number of nitrogens with one attached hydrogen (secondary N) is 2. The summed E-state index contributed by atoms with van der Waals surface area (Å²) in [5.74, 6) is 0.748. The van der Waals surface area contributed by atoms with Crippen LogP contribution in [0.1, 0.15) is 10.4 Å². The molecular weight excluding hydrogens is 358 g/mol. The maximum absolute atomic E-state index is 12.5. The van der Waals surface area contributed by atoms with Gasteiger partial charge in [0.25, 0.3) is 11.8 Å². The quantitative estimate of drug-likeness (QED) is 0.663. The third-order valence-electron chi connectivity index (χ3n) is 4.65. The zero-order valence-electron chi connectivity index (χ0n) is 15.5. The van der Waals surface area contributed by atoms with Crippen molar-refractivity contribution < 1.29 is 19.1 Å². The minimum atomic E-state index is -0.705. The standard InChI is InChI=1S/C21H21N3O4/c1-24-12-15(14-6-2-3-7-16(14)24)20(25)22-10-11-23-21(26)19-13-27-17-8-4-5-9-18(17)28-19/h2-9,12,19H,10-11,13H2,1H3,(H,22,25)(H,23,26). The third-order valence-corrected chi connectivity index (χ3v) is 4.65. The Hall–Kier alpha value is -3.48. The molecule has 2 heterocycles. The maximum Gasteiger partial charge on any atom is 0.264 e. The Labute approximate surface area is 162 Å². The Morgan fingerprint density at radius 1 is 1.04 bits per heavy atom. The van der Waals surface area contributed by atoms with Crippen LogP contribution in [0.15, 0.2) is 54.7 Å². The van der Waals surface area contributed by atoms with Gasteiger partial charge in [-0.15, -0.1) is 0 Å². The monoisotopic (exact) mass is 379 g/mol. The zero-order chi connectivity index (χ0) is 19.5. The smallest absolute Gasteiger partial charge is 0.264 e. The van der Waals surface area contributed by atoms with Gasteiger partial charge in [0.15, 0.2) is 11.5 Å². The molecule has 0 fully saturated rings. The van der Waals surface area contributed by atoms with Crippen LogP contribution in [0.4, 0.5) is 0 Å². The highest BCUT2D eigenvalue weighted by Crippen LogP contribution is 2.30. The molecule has 1 aromatic heterocycles. The fourth-order valence-electron chi connectivity index (χ4n) is 3.24. The van der Waals surface area contributed by atoms with E-state index in [1.54, 1.807) is 12.1 Å². The average molecular weight is 379 g/mol. The fourth-order valence-corrected chi connectivity index (χ4v) is 3.24. The molecular formula is C21H21N3O4. The number of benzene rings is 2. The number of nitrogens with zero attached hydrogens (tertiary/aromatic N) is 1. The number of carbonyl (C=O) groups excluding carboxylic acids is 2. The Morgan fingerprint density at radius 2 is 1.75 bits per heavy atom. The number of hydrogen-bond acceptors (Lipinski definition) is 4. The van der Waals surface area contributed by atoms with Gasteiger partial charge in [-0.05, 0) is 18.2 Å². The van der Waals surface area contributed by atoms with Gasteiger partial charge in [0, 0.05) is 37.2 Å². The molecule has 1 aliphatic heterocycles. The Balaban J connectivity index is 1.28. The van der Waals surface area contributed by atoms with Crippen molar-refractivity contribution in [3.63, 3.8) is 0 Å². The molecule has 2 amide bonds. The molecule has 0 saturated carbocycles. The van der Waals surface area contributed by atoms with Gasteiger partial charge in [0.05, 0.1) is 5.56 Å². The van der Waals surface area contributed by atoms with Crippen LogP contribution >= 0.6 is 0 Å². The molecule has 144 valence electrons. The van der Waals surface area contributed by atoms with Crippen LogP contribution in [0.3, 0.4) is 0 Å². The van der Waals surface area contributed by atoms with Gasteiger partial charge in [-0.2, -0.15) is 0 Å².